The molecule has 0 saturated carbocycles. The molecular weight excluding hydrogens is 280 g/mol. The fraction of sp³-hybridized carbons (Fsp3) is 0.385. The van der Waals surface area contributed by atoms with Crippen LogP contribution >= 0.6 is 11.6 Å². The van der Waals surface area contributed by atoms with Crippen LogP contribution in [0.15, 0.2) is 23.3 Å². The Hall–Kier alpha value is -2.04. The molecule has 2 amide bonds. The van der Waals surface area contributed by atoms with Crippen molar-refractivity contribution in [3.63, 3.8) is 0 Å². The van der Waals surface area contributed by atoms with Gasteiger partial charge in [-0.1, -0.05) is 29.2 Å². The van der Waals surface area contributed by atoms with Crippen LogP contribution in [0.1, 0.15) is 36.0 Å². The summed E-state index contributed by atoms with van der Waals surface area (Å²) in [6.45, 7) is 0.389. The molecule has 20 heavy (non-hydrogen) atoms. The Bertz CT molecular complexity index is 596. The van der Waals surface area contributed by atoms with Crippen LogP contribution in [0.2, 0.25) is 5.02 Å². The van der Waals surface area contributed by atoms with Gasteiger partial charge in [0.05, 0.1) is 11.3 Å². The number of carbonyl (C=O) groups is 2. The number of amides is 2. The van der Waals surface area contributed by atoms with E-state index in [2.05, 4.69) is 10.0 Å². The lowest BCUT2D eigenvalue weighted by Crippen LogP contribution is -2.36. The van der Waals surface area contributed by atoms with Gasteiger partial charge >= 0.3 is 0 Å². The quantitative estimate of drug-likeness (QED) is 0.359. The zero-order valence-electron chi connectivity index (χ0n) is 10.8. The number of halogens is 1. The van der Waals surface area contributed by atoms with Crippen molar-refractivity contribution in [1.82, 2.24) is 4.90 Å². The lowest BCUT2D eigenvalue weighted by atomic mass is 10.1. The van der Waals surface area contributed by atoms with Crippen LogP contribution in [0.25, 0.3) is 10.4 Å². The van der Waals surface area contributed by atoms with Crippen molar-refractivity contribution < 1.29 is 9.59 Å². The zero-order valence-corrected chi connectivity index (χ0v) is 11.5. The van der Waals surface area contributed by atoms with Crippen LogP contribution in [0.4, 0.5) is 5.69 Å². The monoisotopic (exact) mass is 292 g/mol. The minimum atomic E-state index is -0.457. The molecule has 0 aliphatic carbocycles. The maximum absolute atomic E-state index is 12.5. The molecule has 1 saturated heterocycles. The largest absolute Gasteiger partial charge is 0.279 e. The average molecular weight is 293 g/mol. The summed E-state index contributed by atoms with van der Waals surface area (Å²) in [6.07, 6.45) is 2.87. The first-order valence-corrected chi connectivity index (χ1v) is 6.70. The standard InChI is InChI=1S/C13H13ClN4O2/c14-9-5-6-11(16-17-15)10(8-9)13(20)18-7-3-1-2-4-12(18)19/h5-6,8H,1-4,7H2. The van der Waals surface area contributed by atoms with Crippen LogP contribution in [-0.2, 0) is 4.79 Å². The molecule has 1 aromatic carbocycles. The fourth-order valence-corrected chi connectivity index (χ4v) is 2.33. The summed E-state index contributed by atoms with van der Waals surface area (Å²) < 4.78 is 0. The van der Waals surface area contributed by atoms with E-state index >= 15 is 0 Å². The highest BCUT2D eigenvalue weighted by Crippen LogP contribution is 2.26. The van der Waals surface area contributed by atoms with Gasteiger partial charge < -0.3 is 0 Å². The van der Waals surface area contributed by atoms with E-state index < -0.39 is 5.91 Å². The molecule has 1 heterocycles. The van der Waals surface area contributed by atoms with Gasteiger partial charge in [-0.25, -0.2) is 0 Å². The van der Waals surface area contributed by atoms with E-state index in [1.807, 2.05) is 0 Å². The summed E-state index contributed by atoms with van der Waals surface area (Å²) in [4.78, 5) is 28.3. The SMILES string of the molecule is [N-]=[N+]=Nc1ccc(Cl)cc1C(=O)N1CCCCCC1=O. The maximum atomic E-state index is 12.5. The van der Waals surface area contributed by atoms with Gasteiger partial charge in [-0.2, -0.15) is 0 Å². The van der Waals surface area contributed by atoms with Gasteiger partial charge in [-0.15, -0.1) is 0 Å². The van der Waals surface area contributed by atoms with Gasteiger partial charge in [0.1, 0.15) is 0 Å². The molecule has 0 unspecified atom stereocenters. The molecular formula is C13H13ClN4O2. The van der Waals surface area contributed by atoms with Crippen molar-refractivity contribution >= 4 is 29.1 Å². The maximum Gasteiger partial charge on any atom is 0.260 e. The highest BCUT2D eigenvalue weighted by molar-refractivity contribution is 6.31. The highest BCUT2D eigenvalue weighted by atomic mass is 35.5. The van der Waals surface area contributed by atoms with E-state index in [9.17, 15) is 9.59 Å². The lowest BCUT2D eigenvalue weighted by Gasteiger charge is -2.19. The van der Waals surface area contributed by atoms with Gasteiger partial charge in [0.2, 0.25) is 5.91 Å². The van der Waals surface area contributed by atoms with Gasteiger partial charge in [-0.05, 0) is 30.5 Å². The van der Waals surface area contributed by atoms with Gasteiger partial charge in [0, 0.05) is 22.9 Å². The molecule has 1 fully saturated rings. The number of likely N-dealkylation sites (tertiary alicyclic amines) is 1. The second-order valence-electron chi connectivity index (χ2n) is 4.51. The van der Waals surface area contributed by atoms with E-state index in [1.165, 1.54) is 23.1 Å². The normalized spacial score (nSPS) is 15.4. The second-order valence-corrected chi connectivity index (χ2v) is 4.95. The third-order valence-electron chi connectivity index (χ3n) is 3.16. The third-order valence-corrected chi connectivity index (χ3v) is 3.40. The number of hydrogen-bond donors (Lipinski definition) is 0. The summed E-state index contributed by atoms with van der Waals surface area (Å²) >= 11 is 5.88. The number of nitrogens with zero attached hydrogens (tertiary/aromatic N) is 4. The Labute approximate surface area is 121 Å². The zero-order chi connectivity index (χ0) is 14.5. The molecule has 6 nitrogen and oxygen atoms in total. The van der Waals surface area contributed by atoms with Crippen molar-refractivity contribution in [3.8, 4) is 0 Å². The Morgan fingerprint density at radius 3 is 2.90 bits per heavy atom. The topological polar surface area (TPSA) is 86.1 Å². The van der Waals surface area contributed by atoms with Gasteiger partial charge in [0.25, 0.3) is 5.91 Å². The molecule has 0 spiro atoms. The van der Waals surface area contributed by atoms with Crippen LogP contribution < -0.4 is 0 Å². The van der Waals surface area contributed by atoms with Crippen LogP contribution in [0.3, 0.4) is 0 Å². The minimum Gasteiger partial charge on any atom is -0.279 e. The summed E-state index contributed by atoms with van der Waals surface area (Å²) in [6, 6.07) is 4.43. The van der Waals surface area contributed by atoms with E-state index in [0.29, 0.717) is 18.0 Å². The fourth-order valence-electron chi connectivity index (χ4n) is 2.16. The van der Waals surface area contributed by atoms with Gasteiger partial charge in [0.15, 0.2) is 0 Å². The first-order valence-electron chi connectivity index (χ1n) is 6.33. The van der Waals surface area contributed by atoms with Crippen molar-refractivity contribution in [1.29, 1.82) is 0 Å². The Morgan fingerprint density at radius 2 is 2.15 bits per heavy atom. The number of hydrogen-bond acceptors (Lipinski definition) is 3. The predicted molar refractivity (Wildman–Crippen MR) is 74.8 cm³/mol. The molecule has 1 aliphatic rings. The molecule has 1 aromatic rings. The number of rotatable bonds is 2. The number of benzene rings is 1. The third kappa shape index (κ3) is 3.10. The molecule has 2 rings (SSSR count). The Balaban J connectivity index is 2.38. The summed E-state index contributed by atoms with van der Waals surface area (Å²) in [7, 11) is 0. The molecule has 1 aliphatic heterocycles. The molecule has 0 radical (unpaired) electrons. The van der Waals surface area contributed by atoms with Crippen LogP contribution in [0.5, 0.6) is 0 Å². The first kappa shape index (κ1) is 14.4. The first-order chi connectivity index (χ1) is 9.63. The van der Waals surface area contributed by atoms with E-state index in [1.54, 1.807) is 0 Å². The molecule has 104 valence electrons. The number of azide groups is 1. The van der Waals surface area contributed by atoms with Crippen LogP contribution in [0, 0.1) is 0 Å². The molecule has 0 bridgehead atoms. The molecule has 0 aromatic heterocycles. The van der Waals surface area contributed by atoms with Crippen molar-refractivity contribution in [2.75, 3.05) is 6.54 Å². The van der Waals surface area contributed by atoms with E-state index in [0.717, 1.165) is 19.3 Å². The van der Waals surface area contributed by atoms with Crippen molar-refractivity contribution in [2.45, 2.75) is 25.7 Å². The minimum absolute atomic E-state index is 0.158. The van der Waals surface area contributed by atoms with Crippen molar-refractivity contribution in [3.05, 3.63) is 39.2 Å². The molecule has 0 N–H and O–H groups in total. The summed E-state index contributed by atoms with van der Waals surface area (Å²) in [5.74, 6) is -0.652. The highest BCUT2D eigenvalue weighted by Gasteiger charge is 2.25. The Kier molecular flexibility index (Phi) is 4.61. The van der Waals surface area contributed by atoms with Crippen LogP contribution in [-0.4, -0.2) is 23.3 Å². The van der Waals surface area contributed by atoms with E-state index in [4.69, 9.17) is 17.1 Å². The Morgan fingerprint density at radius 1 is 1.35 bits per heavy atom. The molecule has 7 heteroatoms. The number of carbonyl (C=O) groups excluding carboxylic acids is 2. The van der Waals surface area contributed by atoms with Gasteiger partial charge in [-0.3, -0.25) is 14.5 Å². The lowest BCUT2D eigenvalue weighted by molar-refractivity contribution is -0.128. The predicted octanol–water partition coefficient (Wildman–Crippen LogP) is 3.82. The smallest absolute Gasteiger partial charge is 0.260 e. The average Bonchev–Trinajstić information content (AvgIpc) is 2.65. The second kappa shape index (κ2) is 6.41. The summed E-state index contributed by atoms with van der Waals surface area (Å²) in [5.41, 5.74) is 8.87. The van der Waals surface area contributed by atoms with Crippen molar-refractivity contribution in [2.24, 2.45) is 5.11 Å². The summed E-state index contributed by atoms with van der Waals surface area (Å²) in [5, 5.41) is 3.83. The number of imide groups is 1. The molecule has 0 atom stereocenters. The van der Waals surface area contributed by atoms with E-state index in [-0.39, 0.29) is 17.2 Å².